The average Bonchev–Trinajstić information content (AvgIpc) is 2.78. The van der Waals surface area contributed by atoms with Crippen molar-refractivity contribution >= 4 is 46.1 Å². The summed E-state index contributed by atoms with van der Waals surface area (Å²) in [6.07, 6.45) is 0.803. The molecule has 2 N–H and O–H groups in total. The molecule has 8 heteroatoms. The summed E-state index contributed by atoms with van der Waals surface area (Å²) in [5.41, 5.74) is 2.62. The lowest BCUT2D eigenvalue weighted by molar-refractivity contribution is 0.0529. The van der Waals surface area contributed by atoms with Crippen LogP contribution < -0.4 is 10.7 Å². The van der Waals surface area contributed by atoms with Gasteiger partial charge in [0.05, 0.1) is 11.1 Å². The molecule has 0 saturated carbocycles. The van der Waals surface area contributed by atoms with Crippen molar-refractivity contribution < 1.29 is 9.53 Å². The Labute approximate surface area is 143 Å². The van der Waals surface area contributed by atoms with E-state index in [0.717, 1.165) is 5.69 Å². The van der Waals surface area contributed by atoms with Gasteiger partial charge in [-0.3, -0.25) is 0 Å². The lowest BCUT2D eigenvalue weighted by atomic mass is 10.2. The zero-order valence-electron chi connectivity index (χ0n) is 13.0. The SMILES string of the molecule is CC(C)(C)OC(=O)NN=Cc1sc(Nc2ccccc2)nc1Cl. The topological polar surface area (TPSA) is 75.6 Å². The highest BCUT2D eigenvalue weighted by molar-refractivity contribution is 7.17. The number of carbonyl (C=O) groups excluding carboxylic acids is 1. The van der Waals surface area contributed by atoms with Gasteiger partial charge in [-0.15, -0.1) is 0 Å². The summed E-state index contributed by atoms with van der Waals surface area (Å²) >= 11 is 7.38. The van der Waals surface area contributed by atoms with Crippen LogP contribution in [0.2, 0.25) is 5.15 Å². The minimum absolute atomic E-state index is 0.308. The molecule has 6 nitrogen and oxygen atoms in total. The molecule has 0 saturated heterocycles. The predicted molar refractivity (Wildman–Crippen MR) is 93.8 cm³/mol. The van der Waals surface area contributed by atoms with Crippen LogP contribution in [0.1, 0.15) is 25.6 Å². The summed E-state index contributed by atoms with van der Waals surface area (Å²) < 4.78 is 5.07. The van der Waals surface area contributed by atoms with Crippen LogP contribution in [0.4, 0.5) is 15.6 Å². The summed E-state index contributed by atoms with van der Waals surface area (Å²) in [5, 5.41) is 7.91. The fourth-order valence-electron chi connectivity index (χ4n) is 1.54. The zero-order chi connectivity index (χ0) is 16.9. The number of amides is 1. The summed E-state index contributed by atoms with van der Waals surface area (Å²) in [7, 11) is 0. The molecule has 2 aromatic rings. The Morgan fingerprint density at radius 3 is 2.70 bits per heavy atom. The van der Waals surface area contributed by atoms with Gasteiger partial charge in [-0.1, -0.05) is 41.1 Å². The van der Waals surface area contributed by atoms with Crippen LogP contribution >= 0.6 is 22.9 Å². The van der Waals surface area contributed by atoms with Crippen LogP contribution in [0.15, 0.2) is 35.4 Å². The number of para-hydroxylation sites is 1. The van der Waals surface area contributed by atoms with Crippen LogP contribution in [-0.4, -0.2) is 22.9 Å². The van der Waals surface area contributed by atoms with Crippen LogP contribution in [0.3, 0.4) is 0 Å². The zero-order valence-corrected chi connectivity index (χ0v) is 14.5. The lowest BCUT2D eigenvalue weighted by Crippen LogP contribution is -2.29. The molecular weight excluding hydrogens is 336 g/mol. The third-order valence-corrected chi connectivity index (χ3v) is 3.68. The maximum atomic E-state index is 11.5. The molecule has 23 heavy (non-hydrogen) atoms. The minimum atomic E-state index is -0.628. The number of hydrazone groups is 1. The standard InChI is InChI=1S/C15H17ClN4O2S/c1-15(2,3)22-14(21)20-17-9-11-12(16)19-13(23-11)18-10-7-5-4-6-8-10/h4-9H,1-3H3,(H,18,19)(H,20,21). The molecule has 1 amide bonds. The molecule has 0 bridgehead atoms. The van der Waals surface area contributed by atoms with Gasteiger partial charge in [0, 0.05) is 5.69 Å². The van der Waals surface area contributed by atoms with E-state index in [1.54, 1.807) is 20.8 Å². The molecule has 1 heterocycles. The molecule has 0 aliphatic rings. The number of hydrogen-bond acceptors (Lipinski definition) is 6. The molecule has 0 atom stereocenters. The van der Waals surface area contributed by atoms with Crippen LogP contribution in [0, 0.1) is 0 Å². The number of rotatable bonds is 4. The van der Waals surface area contributed by atoms with Crippen molar-refractivity contribution in [1.29, 1.82) is 0 Å². The van der Waals surface area contributed by atoms with Crippen molar-refractivity contribution in [2.24, 2.45) is 5.10 Å². The van der Waals surface area contributed by atoms with E-state index in [4.69, 9.17) is 16.3 Å². The van der Waals surface area contributed by atoms with Crippen LogP contribution in [0.5, 0.6) is 0 Å². The summed E-state index contributed by atoms with van der Waals surface area (Å²) in [4.78, 5) is 16.3. The average molecular weight is 353 g/mol. The first-order valence-electron chi connectivity index (χ1n) is 6.84. The molecular formula is C15H17ClN4O2S. The maximum Gasteiger partial charge on any atom is 0.428 e. The van der Waals surface area contributed by atoms with E-state index in [-0.39, 0.29) is 0 Å². The number of ether oxygens (including phenoxy) is 1. The van der Waals surface area contributed by atoms with Crippen molar-refractivity contribution in [2.75, 3.05) is 5.32 Å². The van der Waals surface area contributed by atoms with E-state index in [1.807, 2.05) is 30.3 Å². The second kappa shape index (κ2) is 7.43. The summed E-state index contributed by atoms with van der Waals surface area (Å²) in [5.74, 6) is 0. The fourth-order valence-corrected chi connectivity index (χ4v) is 2.58. The number of carbonyl (C=O) groups is 1. The van der Waals surface area contributed by atoms with Gasteiger partial charge in [0.15, 0.2) is 10.3 Å². The Hall–Kier alpha value is -2.12. The molecule has 0 radical (unpaired) electrons. The largest absolute Gasteiger partial charge is 0.443 e. The molecule has 122 valence electrons. The lowest BCUT2D eigenvalue weighted by Gasteiger charge is -2.18. The highest BCUT2D eigenvalue weighted by atomic mass is 35.5. The van der Waals surface area contributed by atoms with Gasteiger partial charge in [0.2, 0.25) is 0 Å². The molecule has 1 aromatic heterocycles. The van der Waals surface area contributed by atoms with E-state index >= 15 is 0 Å². The second-order valence-corrected chi connectivity index (χ2v) is 6.93. The van der Waals surface area contributed by atoms with Crippen LogP contribution in [-0.2, 0) is 4.74 Å². The first-order chi connectivity index (χ1) is 10.8. The first kappa shape index (κ1) is 17.2. The van der Waals surface area contributed by atoms with Gasteiger partial charge in [0.25, 0.3) is 0 Å². The molecule has 0 aliphatic carbocycles. The Bertz CT molecular complexity index is 695. The molecule has 2 rings (SSSR count). The van der Waals surface area contributed by atoms with Gasteiger partial charge >= 0.3 is 6.09 Å². The quantitative estimate of drug-likeness (QED) is 0.631. The Kier molecular flexibility index (Phi) is 5.57. The van der Waals surface area contributed by atoms with E-state index in [1.165, 1.54) is 17.6 Å². The van der Waals surface area contributed by atoms with Gasteiger partial charge in [-0.25, -0.2) is 15.2 Å². The number of thiazole rings is 1. The van der Waals surface area contributed by atoms with Gasteiger partial charge in [-0.2, -0.15) is 5.10 Å². The van der Waals surface area contributed by atoms with Gasteiger partial charge < -0.3 is 10.1 Å². The molecule has 0 spiro atoms. The Morgan fingerprint density at radius 2 is 2.04 bits per heavy atom. The third kappa shape index (κ3) is 5.88. The Morgan fingerprint density at radius 1 is 1.35 bits per heavy atom. The van der Waals surface area contributed by atoms with E-state index < -0.39 is 11.7 Å². The van der Waals surface area contributed by atoms with Gasteiger partial charge in [0.1, 0.15) is 5.60 Å². The normalized spacial score (nSPS) is 11.5. The smallest absolute Gasteiger partial charge is 0.428 e. The molecule has 0 fully saturated rings. The van der Waals surface area contributed by atoms with Crippen molar-refractivity contribution in [2.45, 2.75) is 26.4 Å². The van der Waals surface area contributed by atoms with Crippen molar-refractivity contribution in [3.05, 3.63) is 40.4 Å². The molecule has 1 aromatic carbocycles. The fraction of sp³-hybridized carbons (Fsp3) is 0.267. The summed E-state index contributed by atoms with van der Waals surface area (Å²) in [6, 6.07) is 9.62. The number of halogens is 1. The Balaban J connectivity index is 1.96. The number of hydrogen-bond donors (Lipinski definition) is 2. The van der Waals surface area contributed by atoms with Gasteiger partial charge in [-0.05, 0) is 32.9 Å². The molecule has 0 aliphatic heterocycles. The van der Waals surface area contributed by atoms with E-state index in [2.05, 4.69) is 20.8 Å². The number of benzene rings is 1. The summed E-state index contributed by atoms with van der Waals surface area (Å²) in [6.45, 7) is 5.33. The number of anilines is 2. The monoisotopic (exact) mass is 352 g/mol. The highest BCUT2D eigenvalue weighted by Gasteiger charge is 2.15. The van der Waals surface area contributed by atoms with Crippen molar-refractivity contribution in [3.8, 4) is 0 Å². The number of nitrogens with one attached hydrogen (secondary N) is 2. The first-order valence-corrected chi connectivity index (χ1v) is 8.03. The van der Waals surface area contributed by atoms with Crippen LogP contribution in [0.25, 0.3) is 0 Å². The minimum Gasteiger partial charge on any atom is -0.443 e. The van der Waals surface area contributed by atoms with Crippen molar-refractivity contribution in [3.63, 3.8) is 0 Å². The number of aromatic nitrogens is 1. The number of nitrogens with zero attached hydrogens (tertiary/aromatic N) is 2. The highest BCUT2D eigenvalue weighted by Crippen LogP contribution is 2.27. The van der Waals surface area contributed by atoms with Crippen molar-refractivity contribution in [1.82, 2.24) is 10.4 Å². The third-order valence-electron chi connectivity index (χ3n) is 2.37. The second-order valence-electron chi connectivity index (χ2n) is 5.54. The van der Waals surface area contributed by atoms with E-state index in [0.29, 0.717) is 15.2 Å². The van der Waals surface area contributed by atoms with E-state index in [9.17, 15) is 4.79 Å². The predicted octanol–water partition coefficient (Wildman–Crippen LogP) is 4.40. The molecule has 0 unspecified atom stereocenters. The maximum absolute atomic E-state index is 11.5.